The predicted octanol–water partition coefficient (Wildman–Crippen LogP) is 0.534. The van der Waals surface area contributed by atoms with Crippen LogP contribution in [0.5, 0.6) is 0 Å². The lowest BCUT2D eigenvalue weighted by atomic mass is 9.92. The van der Waals surface area contributed by atoms with Gasteiger partial charge in [0.05, 0.1) is 6.20 Å². The molecule has 1 heterocycles. The van der Waals surface area contributed by atoms with Crippen molar-refractivity contribution < 1.29 is 14.7 Å². The molecule has 0 aliphatic rings. The average molecular weight is 260 g/mol. The highest BCUT2D eigenvalue weighted by Crippen LogP contribution is 2.21. The van der Waals surface area contributed by atoms with Crippen molar-refractivity contribution >= 4 is 11.9 Å². The fraction of sp³-hybridized carbons (Fsp3) is 0.167. The van der Waals surface area contributed by atoms with Crippen LogP contribution in [0.4, 0.5) is 0 Å². The maximum atomic E-state index is 11.9. The molecule has 2 rings (SSSR count). The zero-order chi connectivity index (χ0) is 13.9. The molecule has 1 amide bonds. The minimum Gasteiger partial charge on any atom is -0.479 e. The Labute approximate surface area is 108 Å². The van der Waals surface area contributed by atoms with Crippen molar-refractivity contribution in [1.29, 1.82) is 0 Å². The summed E-state index contributed by atoms with van der Waals surface area (Å²) in [6.45, 7) is 1.42. The Balaban J connectivity index is 2.31. The van der Waals surface area contributed by atoms with E-state index in [2.05, 4.69) is 20.7 Å². The lowest BCUT2D eigenvalue weighted by Crippen LogP contribution is -2.49. The molecule has 0 saturated carbocycles. The number of aliphatic carboxylic acids is 1. The maximum absolute atomic E-state index is 11.9. The fourth-order valence-corrected chi connectivity index (χ4v) is 1.62. The van der Waals surface area contributed by atoms with Crippen molar-refractivity contribution in [2.75, 3.05) is 0 Å². The molecule has 7 nitrogen and oxygen atoms in total. The van der Waals surface area contributed by atoms with Gasteiger partial charge in [-0.05, 0) is 12.5 Å². The molecule has 7 heteroatoms. The van der Waals surface area contributed by atoms with Crippen LogP contribution in [0.1, 0.15) is 23.0 Å². The van der Waals surface area contributed by atoms with E-state index in [1.807, 2.05) is 0 Å². The number of carbonyl (C=O) groups is 2. The zero-order valence-corrected chi connectivity index (χ0v) is 10.1. The van der Waals surface area contributed by atoms with Crippen LogP contribution in [-0.2, 0) is 10.3 Å². The lowest BCUT2D eigenvalue weighted by molar-refractivity contribution is -0.144. The summed E-state index contributed by atoms with van der Waals surface area (Å²) >= 11 is 0. The number of hydrogen-bond donors (Lipinski definition) is 3. The van der Waals surface area contributed by atoms with Crippen LogP contribution < -0.4 is 5.32 Å². The van der Waals surface area contributed by atoms with Gasteiger partial charge in [0.1, 0.15) is 0 Å². The molecule has 19 heavy (non-hydrogen) atoms. The fourth-order valence-electron chi connectivity index (χ4n) is 1.62. The monoisotopic (exact) mass is 260 g/mol. The second-order valence-corrected chi connectivity index (χ2v) is 4.11. The molecule has 2 aromatic rings. The van der Waals surface area contributed by atoms with Crippen LogP contribution in [0, 0.1) is 0 Å². The molecule has 98 valence electrons. The Morgan fingerprint density at radius 2 is 2.00 bits per heavy atom. The van der Waals surface area contributed by atoms with Gasteiger partial charge >= 0.3 is 5.97 Å². The Hall–Kier alpha value is -2.70. The quantitative estimate of drug-likeness (QED) is 0.743. The van der Waals surface area contributed by atoms with Crippen LogP contribution in [0.25, 0.3) is 0 Å². The van der Waals surface area contributed by atoms with Crippen molar-refractivity contribution in [2.24, 2.45) is 0 Å². The van der Waals surface area contributed by atoms with E-state index < -0.39 is 17.4 Å². The second kappa shape index (κ2) is 4.89. The highest BCUT2D eigenvalue weighted by Gasteiger charge is 2.37. The Bertz CT molecular complexity index is 582. The van der Waals surface area contributed by atoms with Crippen LogP contribution in [0.3, 0.4) is 0 Å². The third-order valence-electron chi connectivity index (χ3n) is 2.79. The number of nitrogens with zero attached hydrogens (tertiary/aromatic N) is 2. The molecule has 1 atom stereocenters. The van der Waals surface area contributed by atoms with E-state index in [1.165, 1.54) is 13.1 Å². The molecule has 1 aromatic carbocycles. The topological polar surface area (TPSA) is 108 Å². The van der Waals surface area contributed by atoms with Gasteiger partial charge in [-0.2, -0.15) is 15.4 Å². The summed E-state index contributed by atoms with van der Waals surface area (Å²) in [5, 5.41) is 21.2. The number of H-pyrrole nitrogens is 1. The van der Waals surface area contributed by atoms with E-state index in [-0.39, 0.29) is 5.69 Å². The van der Waals surface area contributed by atoms with Crippen LogP contribution >= 0.6 is 0 Å². The van der Waals surface area contributed by atoms with Crippen LogP contribution in [-0.4, -0.2) is 32.4 Å². The molecule has 0 aliphatic carbocycles. The molecule has 0 spiro atoms. The minimum atomic E-state index is -1.53. The summed E-state index contributed by atoms with van der Waals surface area (Å²) < 4.78 is 0. The summed E-state index contributed by atoms with van der Waals surface area (Å²) in [7, 11) is 0. The molecular formula is C12H12N4O3. The number of nitrogens with one attached hydrogen (secondary N) is 2. The van der Waals surface area contributed by atoms with Crippen molar-refractivity contribution in [3.63, 3.8) is 0 Å². The van der Waals surface area contributed by atoms with Crippen LogP contribution in [0.2, 0.25) is 0 Å². The molecule has 1 unspecified atom stereocenters. The molecule has 0 saturated heterocycles. The first-order valence-electron chi connectivity index (χ1n) is 5.51. The standard InChI is InChI=1S/C12H12N4O3/c1-12(11(18)19,8-5-3-2-4-6-8)14-10(17)9-7-13-16-15-9/h2-7H,1H3,(H,14,17)(H,18,19)(H,13,15,16). The zero-order valence-electron chi connectivity index (χ0n) is 10.1. The summed E-state index contributed by atoms with van der Waals surface area (Å²) in [5.41, 5.74) is -1.03. The number of carboxylic acid groups (broad SMARTS) is 1. The van der Waals surface area contributed by atoms with Crippen molar-refractivity contribution in [3.05, 3.63) is 47.8 Å². The number of aromatic amines is 1. The number of rotatable bonds is 4. The van der Waals surface area contributed by atoms with E-state index in [0.29, 0.717) is 5.56 Å². The van der Waals surface area contributed by atoms with Gasteiger partial charge in [0.25, 0.3) is 5.91 Å². The Morgan fingerprint density at radius 1 is 1.32 bits per heavy atom. The largest absolute Gasteiger partial charge is 0.479 e. The van der Waals surface area contributed by atoms with Gasteiger partial charge in [-0.25, -0.2) is 4.79 Å². The molecule has 0 aliphatic heterocycles. The van der Waals surface area contributed by atoms with Crippen molar-refractivity contribution in [2.45, 2.75) is 12.5 Å². The van der Waals surface area contributed by atoms with Gasteiger partial charge in [-0.15, -0.1) is 0 Å². The van der Waals surface area contributed by atoms with E-state index >= 15 is 0 Å². The van der Waals surface area contributed by atoms with Crippen molar-refractivity contribution in [1.82, 2.24) is 20.7 Å². The van der Waals surface area contributed by atoms with E-state index in [0.717, 1.165) is 0 Å². The third kappa shape index (κ3) is 2.44. The number of benzene rings is 1. The van der Waals surface area contributed by atoms with Gasteiger partial charge in [0.15, 0.2) is 11.2 Å². The molecule has 0 bridgehead atoms. The van der Waals surface area contributed by atoms with Crippen molar-refractivity contribution in [3.8, 4) is 0 Å². The second-order valence-electron chi connectivity index (χ2n) is 4.11. The summed E-state index contributed by atoms with van der Waals surface area (Å²) in [4.78, 5) is 23.4. The summed E-state index contributed by atoms with van der Waals surface area (Å²) in [6, 6.07) is 8.46. The first kappa shape index (κ1) is 12.7. The Morgan fingerprint density at radius 3 is 2.53 bits per heavy atom. The minimum absolute atomic E-state index is 0.0309. The first-order chi connectivity index (χ1) is 9.04. The molecule has 0 radical (unpaired) electrons. The van der Waals surface area contributed by atoms with E-state index in [4.69, 9.17) is 0 Å². The molecular weight excluding hydrogens is 248 g/mol. The number of carboxylic acids is 1. The van der Waals surface area contributed by atoms with Crippen LogP contribution in [0.15, 0.2) is 36.5 Å². The number of aromatic nitrogens is 3. The van der Waals surface area contributed by atoms with Gasteiger partial charge in [-0.3, -0.25) is 4.79 Å². The molecule has 0 fully saturated rings. The average Bonchev–Trinajstić information content (AvgIpc) is 2.93. The highest BCUT2D eigenvalue weighted by atomic mass is 16.4. The smallest absolute Gasteiger partial charge is 0.333 e. The SMILES string of the molecule is CC(NC(=O)c1cn[nH]n1)(C(=O)O)c1ccccc1. The number of hydrogen-bond acceptors (Lipinski definition) is 4. The van der Waals surface area contributed by atoms with Gasteiger partial charge in [0, 0.05) is 0 Å². The van der Waals surface area contributed by atoms with Gasteiger partial charge in [0.2, 0.25) is 0 Å². The van der Waals surface area contributed by atoms with Gasteiger partial charge < -0.3 is 10.4 Å². The van der Waals surface area contributed by atoms with Gasteiger partial charge in [-0.1, -0.05) is 30.3 Å². The van der Waals surface area contributed by atoms with E-state index in [1.54, 1.807) is 30.3 Å². The van der Waals surface area contributed by atoms with E-state index in [9.17, 15) is 14.7 Å². The highest BCUT2D eigenvalue weighted by molar-refractivity contribution is 5.96. The molecule has 1 aromatic heterocycles. The summed E-state index contributed by atoms with van der Waals surface area (Å²) in [6.07, 6.45) is 1.22. The lowest BCUT2D eigenvalue weighted by Gasteiger charge is -2.26. The first-order valence-corrected chi connectivity index (χ1v) is 5.51. The summed E-state index contributed by atoms with van der Waals surface area (Å²) in [5.74, 6) is -1.77. The number of carbonyl (C=O) groups excluding carboxylic acids is 1. The third-order valence-corrected chi connectivity index (χ3v) is 2.79. The normalized spacial score (nSPS) is 13.5. The Kier molecular flexibility index (Phi) is 3.28. The number of amides is 1. The maximum Gasteiger partial charge on any atom is 0.333 e. The predicted molar refractivity (Wildman–Crippen MR) is 65.3 cm³/mol. The molecule has 3 N–H and O–H groups in total.